The number of imidazole rings is 2. The maximum absolute atomic E-state index is 13.0. The molecule has 10 rings (SSSR count). The lowest BCUT2D eigenvalue weighted by atomic mass is 10.1. The second-order valence-electron chi connectivity index (χ2n) is 15.5. The molecule has 0 aliphatic rings. The van der Waals surface area contributed by atoms with Gasteiger partial charge in [0.2, 0.25) is 11.8 Å². The van der Waals surface area contributed by atoms with Crippen molar-refractivity contribution in [1.82, 2.24) is 28.7 Å². The third-order valence-corrected chi connectivity index (χ3v) is 10.9. The average Bonchev–Trinajstić information content (AvgIpc) is 4.20. The molecule has 6 aromatic heterocycles. The van der Waals surface area contributed by atoms with E-state index in [9.17, 15) is 4.79 Å². The standard InChI is InChI=1S/C53H44N6O7/c60-53(65-29-27-63-51-45(33-41-23-13-25-61-41)56-49-43(31-37-15-5-1-6-16-37)54-47(35-58(49)51)39-19-9-3-10-20-39)66-30-28-64-52-46(34-42-24-14-26-62-42)57-50-44(32-38-17-7-2-8-18-38)55-48(36-59(50)52)40-21-11-4-12-22-40/h1-26,35-36H,27-34H2. The zero-order valence-corrected chi connectivity index (χ0v) is 35.9. The molecule has 0 N–H and O–H groups in total. The van der Waals surface area contributed by atoms with Gasteiger partial charge in [-0.1, -0.05) is 121 Å². The van der Waals surface area contributed by atoms with Gasteiger partial charge in [0.1, 0.15) is 49.3 Å². The molecule has 13 heteroatoms. The van der Waals surface area contributed by atoms with Gasteiger partial charge in [0.25, 0.3) is 0 Å². The number of aromatic nitrogens is 6. The van der Waals surface area contributed by atoms with Crippen molar-refractivity contribution >= 4 is 17.4 Å². The number of hydrogen-bond donors (Lipinski definition) is 0. The lowest BCUT2D eigenvalue weighted by Crippen LogP contribution is -2.17. The minimum atomic E-state index is -0.855. The molecular weight excluding hydrogens is 833 g/mol. The van der Waals surface area contributed by atoms with E-state index in [4.69, 9.17) is 47.7 Å². The predicted octanol–water partition coefficient (Wildman–Crippen LogP) is 10.3. The first-order valence-corrected chi connectivity index (χ1v) is 21.7. The summed E-state index contributed by atoms with van der Waals surface area (Å²) in [7, 11) is 0. The minimum Gasteiger partial charge on any atom is -0.474 e. The van der Waals surface area contributed by atoms with Crippen LogP contribution < -0.4 is 9.47 Å². The Hall–Kier alpha value is -8.45. The average molecular weight is 877 g/mol. The second-order valence-corrected chi connectivity index (χ2v) is 15.5. The van der Waals surface area contributed by atoms with Gasteiger partial charge in [-0.2, -0.15) is 0 Å². The van der Waals surface area contributed by atoms with Gasteiger partial charge in [-0.3, -0.25) is 8.80 Å². The van der Waals surface area contributed by atoms with Crippen LogP contribution in [0.15, 0.2) is 179 Å². The van der Waals surface area contributed by atoms with E-state index in [0.717, 1.165) is 56.6 Å². The fourth-order valence-corrected chi connectivity index (χ4v) is 7.84. The fourth-order valence-electron chi connectivity index (χ4n) is 7.84. The summed E-state index contributed by atoms with van der Waals surface area (Å²) in [6.07, 6.45) is 8.14. The Labute approximate surface area is 379 Å². The van der Waals surface area contributed by atoms with Crippen LogP contribution in [0.2, 0.25) is 0 Å². The van der Waals surface area contributed by atoms with Gasteiger partial charge in [-0.05, 0) is 35.4 Å². The number of nitrogens with zero attached hydrogens (tertiary/aromatic N) is 6. The summed E-state index contributed by atoms with van der Waals surface area (Å²) in [5.74, 6) is 2.45. The molecule has 4 aromatic carbocycles. The Morgan fingerprint density at radius 3 is 1.24 bits per heavy atom. The first-order chi connectivity index (χ1) is 32.6. The van der Waals surface area contributed by atoms with Gasteiger partial charge in [0, 0.05) is 36.4 Å². The van der Waals surface area contributed by atoms with Crippen molar-refractivity contribution in [2.45, 2.75) is 25.7 Å². The molecule has 0 amide bonds. The monoisotopic (exact) mass is 876 g/mol. The van der Waals surface area contributed by atoms with E-state index < -0.39 is 6.16 Å². The Morgan fingerprint density at radius 2 is 0.848 bits per heavy atom. The second kappa shape index (κ2) is 19.5. The van der Waals surface area contributed by atoms with Crippen molar-refractivity contribution in [3.05, 3.63) is 216 Å². The van der Waals surface area contributed by atoms with Gasteiger partial charge in [0.15, 0.2) is 11.3 Å². The largest absolute Gasteiger partial charge is 0.508 e. The molecule has 10 aromatic rings. The van der Waals surface area contributed by atoms with Gasteiger partial charge in [0.05, 0.1) is 48.1 Å². The molecule has 0 atom stereocenters. The maximum atomic E-state index is 13.0. The number of hydrogen-bond acceptors (Lipinski definition) is 11. The number of rotatable bonds is 18. The highest BCUT2D eigenvalue weighted by Gasteiger charge is 2.23. The maximum Gasteiger partial charge on any atom is 0.508 e. The normalized spacial score (nSPS) is 11.3. The lowest BCUT2D eigenvalue weighted by Gasteiger charge is -2.12. The molecule has 0 unspecified atom stereocenters. The van der Waals surface area contributed by atoms with Crippen LogP contribution in [-0.2, 0) is 35.2 Å². The highest BCUT2D eigenvalue weighted by Crippen LogP contribution is 2.31. The van der Waals surface area contributed by atoms with Crippen molar-refractivity contribution in [2.24, 2.45) is 0 Å². The van der Waals surface area contributed by atoms with Gasteiger partial charge < -0.3 is 27.8 Å². The number of ether oxygens (including phenoxy) is 4. The topological polar surface area (TPSA) is 141 Å². The Balaban J connectivity index is 0.842. The fraction of sp³-hybridized carbons (Fsp3) is 0.151. The Kier molecular flexibility index (Phi) is 12.3. The van der Waals surface area contributed by atoms with E-state index in [0.29, 0.717) is 60.1 Å². The van der Waals surface area contributed by atoms with E-state index in [1.807, 2.05) is 143 Å². The van der Waals surface area contributed by atoms with Crippen LogP contribution in [0.25, 0.3) is 33.8 Å². The molecule has 0 fully saturated rings. The zero-order chi connectivity index (χ0) is 44.5. The molecule has 0 spiro atoms. The van der Waals surface area contributed by atoms with Crippen LogP contribution in [0.3, 0.4) is 0 Å². The van der Waals surface area contributed by atoms with Crippen molar-refractivity contribution < 1.29 is 32.6 Å². The first kappa shape index (κ1) is 41.6. The summed E-state index contributed by atoms with van der Waals surface area (Å²) in [4.78, 5) is 33.2. The van der Waals surface area contributed by atoms with Crippen molar-refractivity contribution in [3.8, 4) is 34.3 Å². The van der Waals surface area contributed by atoms with Crippen LogP contribution in [0.1, 0.15) is 45.4 Å². The SMILES string of the molecule is O=C(OCCOc1c(Cc2ccco2)nc2c(Cc3ccccc3)nc(-c3ccccc3)cn12)OCCOc1c(Cc2ccco2)nc2c(Cc3ccccc3)nc(-c3ccccc3)cn12. The van der Waals surface area contributed by atoms with Gasteiger partial charge in [-0.15, -0.1) is 0 Å². The summed E-state index contributed by atoms with van der Waals surface area (Å²) in [5, 5.41) is 0. The summed E-state index contributed by atoms with van der Waals surface area (Å²) < 4.78 is 39.0. The number of carbonyl (C=O) groups excluding carboxylic acids is 1. The van der Waals surface area contributed by atoms with Crippen molar-refractivity contribution in [2.75, 3.05) is 26.4 Å². The molecule has 66 heavy (non-hydrogen) atoms. The molecule has 0 bridgehead atoms. The van der Waals surface area contributed by atoms with E-state index in [1.54, 1.807) is 12.5 Å². The van der Waals surface area contributed by atoms with Gasteiger partial charge >= 0.3 is 6.16 Å². The lowest BCUT2D eigenvalue weighted by molar-refractivity contribution is 0.0373. The Bertz CT molecular complexity index is 2940. The van der Waals surface area contributed by atoms with E-state index in [1.165, 1.54) is 0 Å². The third kappa shape index (κ3) is 9.55. The van der Waals surface area contributed by atoms with Crippen LogP contribution in [0.5, 0.6) is 11.8 Å². The minimum absolute atomic E-state index is 0.0304. The van der Waals surface area contributed by atoms with Gasteiger partial charge in [-0.25, -0.2) is 24.7 Å². The van der Waals surface area contributed by atoms with Crippen LogP contribution in [0, 0.1) is 0 Å². The van der Waals surface area contributed by atoms with Crippen LogP contribution in [-0.4, -0.2) is 61.3 Å². The summed E-state index contributed by atoms with van der Waals surface area (Å²) in [5.41, 5.74) is 9.85. The predicted molar refractivity (Wildman–Crippen MR) is 247 cm³/mol. The smallest absolute Gasteiger partial charge is 0.474 e. The molecule has 0 aliphatic heterocycles. The third-order valence-electron chi connectivity index (χ3n) is 10.9. The van der Waals surface area contributed by atoms with Crippen molar-refractivity contribution in [1.29, 1.82) is 0 Å². The Morgan fingerprint density at radius 1 is 0.439 bits per heavy atom. The molecule has 328 valence electrons. The molecule has 0 aliphatic carbocycles. The quantitative estimate of drug-likeness (QED) is 0.0601. The number of furan rings is 2. The van der Waals surface area contributed by atoms with Crippen molar-refractivity contribution in [3.63, 3.8) is 0 Å². The number of carbonyl (C=O) groups is 1. The van der Waals surface area contributed by atoms with E-state index in [-0.39, 0.29) is 26.4 Å². The molecule has 0 saturated carbocycles. The van der Waals surface area contributed by atoms with Crippen LogP contribution >= 0.6 is 0 Å². The highest BCUT2D eigenvalue weighted by atomic mass is 16.7. The van der Waals surface area contributed by atoms with Crippen LogP contribution in [0.4, 0.5) is 4.79 Å². The number of fused-ring (bicyclic) bond motifs is 2. The zero-order valence-electron chi connectivity index (χ0n) is 35.9. The molecule has 0 saturated heterocycles. The van der Waals surface area contributed by atoms with E-state index in [2.05, 4.69) is 24.3 Å². The first-order valence-electron chi connectivity index (χ1n) is 21.7. The number of benzene rings is 4. The molecular formula is C53H44N6O7. The molecule has 0 radical (unpaired) electrons. The summed E-state index contributed by atoms with van der Waals surface area (Å²) >= 11 is 0. The summed E-state index contributed by atoms with van der Waals surface area (Å²) in [6.45, 7) is -0.105. The molecule has 6 heterocycles. The van der Waals surface area contributed by atoms with E-state index >= 15 is 0 Å². The summed E-state index contributed by atoms with van der Waals surface area (Å²) in [6, 6.07) is 47.7. The highest BCUT2D eigenvalue weighted by molar-refractivity contribution is 5.65. The molecule has 13 nitrogen and oxygen atoms in total.